The van der Waals surface area contributed by atoms with Gasteiger partial charge in [-0.1, -0.05) is 0 Å². The van der Waals surface area contributed by atoms with Crippen LogP contribution in [0.3, 0.4) is 0 Å². The van der Waals surface area contributed by atoms with E-state index in [-0.39, 0.29) is 5.82 Å². The Hall–Kier alpha value is -1.91. The van der Waals surface area contributed by atoms with E-state index in [1.807, 2.05) is 0 Å². The second-order valence-corrected chi connectivity index (χ2v) is 2.93. The molecule has 5 heteroatoms. The summed E-state index contributed by atoms with van der Waals surface area (Å²) in [5.41, 5.74) is 6.37. The summed E-state index contributed by atoms with van der Waals surface area (Å²) < 4.78 is 14.8. The minimum atomic E-state index is -0.368. The van der Waals surface area contributed by atoms with Gasteiger partial charge in [-0.3, -0.25) is 0 Å². The van der Waals surface area contributed by atoms with E-state index < -0.39 is 0 Å². The number of nitrogens with two attached hydrogens (primary N) is 1. The van der Waals surface area contributed by atoms with Gasteiger partial charge in [0.15, 0.2) is 0 Å². The highest BCUT2D eigenvalue weighted by atomic mass is 19.1. The molecule has 72 valence electrons. The molecule has 0 amide bonds. The third kappa shape index (κ3) is 1.32. The lowest BCUT2D eigenvalue weighted by atomic mass is 10.2. The quantitative estimate of drug-likeness (QED) is 0.693. The van der Waals surface area contributed by atoms with Crippen LogP contribution in [0.1, 0.15) is 5.82 Å². The first-order valence-corrected chi connectivity index (χ1v) is 4.10. The number of halogens is 1. The molecule has 1 aromatic heterocycles. The average molecular weight is 192 g/mol. The Morgan fingerprint density at radius 2 is 2.21 bits per heavy atom. The van der Waals surface area contributed by atoms with E-state index in [2.05, 4.69) is 10.1 Å². The minimum absolute atomic E-state index is 0.319. The van der Waals surface area contributed by atoms with Gasteiger partial charge in [0.1, 0.15) is 23.7 Å². The first-order valence-electron chi connectivity index (χ1n) is 4.10. The number of nitrogens with zero attached hydrogens (tertiary/aromatic N) is 3. The van der Waals surface area contributed by atoms with Crippen molar-refractivity contribution in [1.29, 1.82) is 0 Å². The maximum absolute atomic E-state index is 13.4. The number of hydrogen-bond donors (Lipinski definition) is 1. The zero-order chi connectivity index (χ0) is 10.1. The van der Waals surface area contributed by atoms with E-state index in [0.29, 0.717) is 17.2 Å². The summed E-state index contributed by atoms with van der Waals surface area (Å²) >= 11 is 0. The zero-order valence-corrected chi connectivity index (χ0v) is 7.61. The summed E-state index contributed by atoms with van der Waals surface area (Å²) in [6.45, 7) is 1.75. The average Bonchev–Trinajstić information content (AvgIpc) is 2.56. The normalized spacial score (nSPS) is 10.4. The molecule has 0 saturated heterocycles. The van der Waals surface area contributed by atoms with Crippen LogP contribution in [0.15, 0.2) is 24.5 Å². The van der Waals surface area contributed by atoms with E-state index in [1.165, 1.54) is 29.2 Å². The fourth-order valence-corrected chi connectivity index (χ4v) is 1.23. The molecule has 1 heterocycles. The van der Waals surface area contributed by atoms with Gasteiger partial charge in [-0.15, -0.1) is 0 Å². The molecular weight excluding hydrogens is 183 g/mol. The third-order valence-electron chi connectivity index (χ3n) is 1.92. The molecule has 4 nitrogen and oxygen atoms in total. The fourth-order valence-electron chi connectivity index (χ4n) is 1.23. The number of rotatable bonds is 1. The molecule has 0 fully saturated rings. The predicted octanol–water partition coefficient (Wildman–Crippen LogP) is 1.30. The molecule has 2 rings (SSSR count). The molecule has 0 aliphatic carbocycles. The maximum atomic E-state index is 13.4. The summed E-state index contributed by atoms with van der Waals surface area (Å²) in [7, 11) is 0. The van der Waals surface area contributed by atoms with Gasteiger partial charge < -0.3 is 5.73 Å². The molecule has 0 spiro atoms. The second kappa shape index (κ2) is 3.10. The van der Waals surface area contributed by atoms with Crippen molar-refractivity contribution in [3.8, 4) is 5.69 Å². The van der Waals surface area contributed by atoms with Gasteiger partial charge in [-0.05, 0) is 25.1 Å². The number of aryl methyl sites for hydroxylation is 1. The lowest BCUT2D eigenvalue weighted by molar-refractivity contribution is 0.608. The Bertz CT molecular complexity index is 464. The molecule has 0 radical (unpaired) electrons. The van der Waals surface area contributed by atoms with Crippen LogP contribution in [0.2, 0.25) is 0 Å². The van der Waals surface area contributed by atoms with E-state index >= 15 is 0 Å². The summed E-state index contributed by atoms with van der Waals surface area (Å²) in [5.74, 6) is 0.252. The minimum Gasteiger partial charge on any atom is -0.399 e. The Morgan fingerprint density at radius 1 is 1.43 bits per heavy atom. The van der Waals surface area contributed by atoms with Gasteiger partial charge in [0.05, 0.1) is 0 Å². The van der Waals surface area contributed by atoms with Gasteiger partial charge in [-0.25, -0.2) is 14.1 Å². The van der Waals surface area contributed by atoms with Crippen molar-refractivity contribution < 1.29 is 4.39 Å². The van der Waals surface area contributed by atoms with Gasteiger partial charge >= 0.3 is 0 Å². The molecule has 0 bridgehead atoms. The van der Waals surface area contributed by atoms with Crippen molar-refractivity contribution in [2.75, 3.05) is 5.73 Å². The molecule has 0 aliphatic heterocycles. The van der Waals surface area contributed by atoms with Gasteiger partial charge in [0.2, 0.25) is 0 Å². The highest BCUT2D eigenvalue weighted by molar-refractivity contribution is 5.48. The van der Waals surface area contributed by atoms with E-state index in [0.717, 1.165) is 0 Å². The monoisotopic (exact) mass is 192 g/mol. The number of hydrogen-bond acceptors (Lipinski definition) is 3. The van der Waals surface area contributed by atoms with Crippen molar-refractivity contribution >= 4 is 5.69 Å². The highest BCUT2D eigenvalue weighted by Crippen LogP contribution is 2.16. The Kier molecular flexibility index (Phi) is 1.92. The second-order valence-electron chi connectivity index (χ2n) is 2.93. The first-order chi connectivity index (χ1) is 6.68. The van der Waals surface area contributed by atoms with Crippen LogP contribution in [0.4, 0.5) is 10.1 Å². The van der Waals surface area contributed by atoms with Crippen LogP contribution in [0.25, 0.3) is 5.69 Å². The Balaban J connectivity index is 2.62. The Morgan fingerprint density at radius 3 is 2.86 bits per heavy atom. The summed E-state index contributed by atoms with van der Waals surface area (Å²) in [6.07, 6.45) is 1.37. The number of benzene rings is 1. The van der Waals surface area contributed by atoms with Crippen LogP contribution in [-0.4, -0.2) is 14.8 Å². The lowest BCUT2D eigenvalue weighted by Crippen LogP contribution is -2.03. The van der Waals surface area contributed by atoms with Crippen molar-refractivity contribution in [3.05, 3.63) is 36.2 Å². The smallest absolute Gasteiger partial charge is 0.149 e. The van der Waals surface area contributed by atoms with Gasteiger partial charge in [-0.2, -0.15) is 5.10 Å². The standard InChI is InChI=1S/C9H9FN4/c1-6-12-5-13-14(6)9-4-7(11)2-3-8(9)10/h2-5H,11H2,1H3. The molecular formula is C9H9FN4. The summed E-state index contributed by atoms with van der Waals surface area (Å²) in [4.78, 5) is 3.91. The molecule has 0 unspecified atom stereocenters. The predicted molar refractivity (Wildman–Crippen MR) is 50.5 cm³/mol. The molecule has 0 aliphatic rings. The topological polar surface area (TPSA) is 56.7 Å². The summed E-state index contributed by atoms with van der Waals surface area (Å²) in [5, 5.41) is 3.90. The number of aromatic nitrogens is 3. The number of anilines is 1. The van der Waals surface area contributed by atoms with Crippen LogP contribution in [0, 0.1) is 12.7 Å². The van der Waals surface area contributed by atoms with Crippen molar-refractivity contribution in [3.63, 3.8) is 0 Å². The van der Waals surface area contributed by atoms with Crippen molar-refractivity contribution in [2.24, 2.45) is 0 Å². The molecule has 2 aromatic rings. The van der Waals surface area contributed by atoms with Crippen LogP contribution >= 0.6 is 0 Å². The SMILES string of the molecule is Cc1ncnn1-c1cc(N)ccc1F. The number of nitrogen functional groups attached to an aromatic ring is 1. The third-order valence-corrected chi connectivity index (χ3v) is 1.92. The Labute approximate surface area is 80.2 Å². The largest absolute Gasteiger partial charge is 0.399 e. The lowest BCUT2D eigenvalue weighted by Gasteiger charge is -2.05. The molecule has 1 aromatic carbocycles. The molecule has 0 saturated carbocycles. The summed E-state index contributed by atoms with van der Waals surface area (Å²) in [6, 6.07) is 4.34. The van der Waals surface area contributed by atoms with E-state index in [9.17, 15) is 4.39 Å². The zero-order valence-electron chi connectivity index (χ0n) is 7.61. The highest BCUT2D eigenvalue weighted by Gasteiger charge is 2.07. The van der Waals surface area contributed by atoms with Crippen molar-refractivity contribution in [1.82, 2.24) is 14.8 Å². The van der Waals surface area contributed by atoms with Gasteiger partial charge in [0, 0.05) is 5.69 Å². The van der Waals surface area contributed by atoms with E-state index in [1.54, 1.807) is 6.92 Å². The van der Waals surface area contributed by atoms with Crippen molar-refractivity contribution in [2.45, 2.75) is 6.92 Å². The van der Waals surface area contributed by atoms with Crippen LogP contribution in [0.5, 0.6) is 0 Å². The van der Waals surface area contributed by atoms with Crippen LogP contribution in [-0.2, 0) is 0 Å². The maximum Gasteiger partial charge on any atom is 0.149 e. The molecule has 0 atom stereocenters. The molecule has 14 heavy (non-hydrogen) atoms. The van der Waals surface area contributed by atoms with Crippen LogP contribution < -0.4 is 5.73 Å². The van der Waals surface area contributed by atoms with Gasteiger partial charge in [0.25, 0.3) is 0 Å². The fraction of sp³-hybridized carbons (Fsp3) is 0.111. The molecule has 2 N–H and O–H groups in total. The van der Waals surface area contributed by atoms with E-state index in [4.69, 9.17) is 5.73 Å². The first kappa shape index (κ1) is 8.68.